The van der Waals surface area contributed by atoms with Gasteiger partial charge in [-0.15, -0.1) is 0 Å². The minimum absolute atomic E-state index is 0.311. The largest absolute Gasteiger partial charge is 0.456 e. The molecule has 146 valence electrons. The first-order valence-corrected chi connectivity index (χ1v) is 9.79. The van der Waals surface area contributed by atoms with Crippen LogP contribution in [-0.4, -0.2) is 19.6 Å². The van der Waals surface area contributed by atoms with Gasteiger partial charge in [0.05, 0.1) is 11.3 Å². The van der Waals surface area contributed by atoms with Crippen LogP contribution in [0.5, 0.6) is 11.5 Å². The number of ether oxygens (including phenoxy) is 2. The summed E-state index contributed by atoms with van der Waals surface area (Å²) in [5.41, 5.74) is 7.39. The Kier molecular flexibility index (Phi) is 3.89. The van der Waals surface area contributed by atoms with Crippen molar-refractivity contribution in [2.75, 3.05) is 18.6 Å². The van der Waals surface area contributed by atoms with Crippen LogP contribution in [0, 0.1) is 6.92 Å². The van der Waals surface area contributed by atoms with Crippen LogP contribution in [0.25, 0.3) is 0 Å². The van der Waals surface area contributed by atoms with E-state index in [1.165, 1.54) is 0 Å². The zero-order chi connectivity index (χ0) is 20.2. The molecule has 0 aromatic heterocycles. The van der Waals surface area contributed by atoms with Gasteiger partial charge in [-0.05, 0) is 43.7 Å². The van der Waals surface area contributed by atoms with Gasteiger partial charge in [0.1, 0.15) is 11.5 Å². The molecule has 5 nitrogen and oxygen atoms in total. The van der Waals surface area contributed by atoms with Gasteiger partial charge in [-0.25, -0.2) is 10.2 Å². The van der Waals surface area contributed by atoms with Crippen molar-refractivity contribution in [1.82, 2.24) is 5.43 Å². The van der Waals surface area contributed by atoms with Crippen LogP contribution < -0.4 is 15.2 Å². The third kappa shape index (κ3) is 2.41. The van der Waals surface area contributed by atoms with Gasteiger partial charge in [0.15, 0.2) is 5.60 Å². The number of rotatable bonds is 3. The smallest absolute Gasteiger partial charge is 0.340 e. The van der Waals surface area contributed by atoms with Crippen molar-refractivity contribution in [2.45, 2.75) is 19.4 Å². The van der Waals surface area contributed by atoms with Gasteiger partial charge in [0, 0.05) is 36.3 Å². The summed E-state index contributed by atoms with van der Waals surface area (Å²) in [5, 5.41) is 2.02. The molecule has 1 atom stereocenters. The molecule has 3 aromatic rings. The monoisotopic (exact) mass is 386 g/mol. The van der Waals surface area contributed by atoms with E-state index in [1.54, 1.807) is 0 Å². The molecule has 0 aliphatic carbocycles. The summed E-state index contributed by atoms with van der Waals surface area (Å²) >= 11 is 0. The highest BCUT2D eigenvalue weighted by molar-refractivity contribution is 5.97. The first-order chi connectivity index (χ1) is 14.1. The third-order valence-electron chi connectivity index (χ3n) is 5.75. The van der Waals surface area contributed by atoms with Gasteiger partial charge in [0.25, 0.3) is 0 Å². The second-order valence-corrected chi connectivity index (χ2v) is 7.37. The first-order valence-electron chi connectivity index (χ1n) is 9.79. The molecule has 0 fully saturated rings. The number of benzene rings is 3. The Morgan fingerprint density at radius 1 is 0.966 bits per heavy atom. The summed E-state index contributed by atoms with van der Waals surface area (Å²) in [4.78, 5) is 12.8. The first kappa shape index (κ1) is 17.8. The molecule has 0 radical (unpaired) electrons. The van der Waals surface area contributed by atoms with Crippen LogP contribution in [0.1, 0.15) is 39.5 Å². The third-order valence-corrected chi connectivity index (χ3v) is 5.75. The van der Waals surface area contributed by atoms with Crippen molar-refractivity contribution >= 4 is 11.7 Å². The number of hydrogen-bond donors (Lipinski definition) is 1. The van der Waals surface area contributed by atoms with Gasteiger partial charge in [0.2, 0.25) is 0 Å². The summed E-state index contributed by atoms with van der Waals surface area (Å²) in [7, 11) is 1.89. The van der Waals surface area contributed by atoms with E-state index in [0.29, 0.717) is 17.1 Å². The van der Waals surface area contributed by atoms with Gasteiger partial charge >= 0.3 is 5.97 Å². The molecule has 5 heteroatoms. The normalized spacial score (nSPS) is 18.5. The number of fused-ring (bicyclic) bond motifs is 6. The summed E-state index contributed by atoms with van der Waals surface area (Å²) in [6.07, 6.45) is 0. The van der Waals surface area contributed by atoms with E-state index in [0.717, 1.165) is 34.5 Å². The lowest BCUT2D eigenvalue weighted by Crippen LogP contribution is -2.36. The minimum Gasteiger partial charge on any atom is -0.456 e. The average Bonchev–Trinajstić information content (AvgIpc) is 3.02. The highest BCUT2D eigenvalue weighted by Gasteiger charge is 2.53. The average molecular weight is 386 g/mol. The van der Waals surface area contributed by atoms with E-state index < -0.39 is 5.60 Å². The van der Waals surface area contributed by atoms with Crippen LogP contribution in [0.2, 0.25) is 0 Å². The van der Waals surface area contributed by atoms with Crippen LogP contribution in [0.15, 0.2) is 60.7 Å². The number of esters is 1. The van der Waals surface area contributed by atoms with Crippen molar-refractivity contribution in [3.8, 4) is 11.5 Å². The summed E-state index contributed by atoms with van der Waals surface area (Å²) in [6.45, 7) is 4.90. The van der Waals surface area contributed by atoms with Gasteiger partial charge < -0.3 is 14.5 Å². The molecule has 1 unspecified atom stereocenters. The van der Waals surface area contributed by atoms with Gasteiger partial charge in [-0.2, -0.15) is 0 Å². The quantitative estimate of drug-likeness (QED) is 0.530. The lowest BCUT2D eigenvalue weighted by molar-refractivity contribution is 0.0224. The lowest BCUT2D eigenvalue weighted by atomic mass is 9.77. The van der Waals surface area contributed by atoms with Gasteiger partial charge in [-0.3, -0.25) is 0 Å². The predicted molar refractivity (Wildman–Crippen MR) is 112 cm³/mol. The fourth-order valence-electron chi connectivity index (χ4n) is 4.41. The second-order valence-electron chi connectivity index (χ2n) is 7.37. The molecule has 2 aliphatic heterocycles. The molecule has 2 aliphatic rings. The number of nitrogens with zero attached hydrogens (tertiary/aromatic N) is 1. The molecule has 1 spiro atoms. The van der Waals surface area contributed by atoms with Crippen molar-refractivity contribution < 1.29 is 14.3 Å². The Morgan fingerprint density at radius 3 is 2.45 bits per heavy atom. The molecule has 29 heavy (non-hydrogen) atoms. The molecule has 0 bridgehead atoms. The molecular weight excluding hydrogens is 364 g/mol. The Bertz CT molecular complexity index is 1140. The zero-order valence-corrected chi connectivity index (χ0v) is 16.7. The van der Waals surface area contributed by atoms with Crippen LogP contribution in [-0.2, 0) is 10.3 Å². The van der Waals surface area contributed by atoms with E-state index in [4.69, 9.17) is 9.47 Å². The van der Waals surface area contributed by atoms with Crippen molar-refractivity contribution in [2.24, 2.45) is 0 Å². The zero-order valence-electron chi connectivity index (χ0n) is 16.7. The van der Waals surface area contributed by atoms with Gasteiger partial charge in [-0.1, -0.05) is 30.3 Å². The fraction of sp³-hybridized carbons (Fsp3) is 0.208. The number of anilines is 1. The maximum Gasteiger partial charge on any atom is 0.340 e. The number of hydrogen-bond acceptors (Lipinski definition) is 5. The van der Waals surface area contributed by atoms with E-state index in [9.17, 15) is 4.79 Å². The number of carbonyl (C=O) groups is 1. The Morgan fingerprint density at radius 2 is 1.69 bits per heavy atom. The molecule has 0 amide bonds. The molecule has 0 saturated heterocycles. The topological polar surface area (TPSA) is 50.8 Å². The highest BCUT2D eigenvalue weighted by atomic mass is 16.6. The standard InChI is InChI=1S/C24H22N2O3/c1-4-26(25-3)16-10-12-20-22(14-16)28-21-13-15(2)9-11-19(21)24(20)18-8-6-5-7-17(18)23(27)29-24/h5-14,25H,4H2,1-3H3. The number of hydrazine groups is 1. The van der Waals surface area contributed by atoms with Crippen LogP contribution >= 0.6 is 0 Å². The Balaban J connectivity index is 1.80. The molecule has 5 rings (SSSR count). The molecule has 0 saturated carbocycles. The predicted octanol–water partition coefficient (Wildman–Crippen LogP) is 4.52. The molecule has 1 N–H and O–H groups in total. The number of aryl methyl sites for hydroxylation is 1. The van der Waals surface area contributed by atoms with Crippen molar-refractivity contribution in [3.63, 3.8) is 0 Å². The van der Waals surface area contributed by atoms with Crippen LogP contribution in [0.3, 0.4) is 0 Å². The fourth-order valence-corrected chi connectivity index (χ4v) is 4.41. The summed E-state index contributed by atoms with van der Waals surface area (Å²) in [6, 6.07) is 19.7. The van der Waals surface area contributed by atoms with Crippen LogP contribution in [0.4, 0.5) is 5.69 Å². The van der Waals surface area contributed by atoms with E-state index in [-0.39, 0.29) is 5.97 Å². The SMILES string of the molecule is CCN(NC)c1ccc2c(c1)Oc1cc(C)ccc1C21OC(=O)c2ccccc21. The Labute approximate surface area is 169 Å². The second kappa shape index (κ2) is 6.36. The number of nitrogens with one attached hydrogen (secondary N) is 1. The van der Waals surface area contributed by atoms with E-state index in [1.807, 2.05) is 79.6 Å². The van der Waals surface area contributed by atoms with E-state index >= 15 is 0 Å². The van der Waals surface area contributed by atoms with Crippen molar-refractivity contribution in [1.29, 1.82) is 0 Å². The maximum absolute atomic E-state index is 12.8. The lowest BCUT2D eigenvalue weighted by Gasteiger charge is -2.37. The highest BCUT2D eigenvalue weighted by Crippen LogP contribution is 2.56. The van der Waals surface area contributed by atoms with E-state index in [2.05, 4.69) is 12.3 Å². The number of carbonyl (C=O) groups excluding carboxylic acids is 1. The summed E-state index contributed by atoms with van der Waals surface area (Å²) < 4.78 is 12.5. The molecule has 2 heterocycles. The van der Waals surface area contributed by atoms with Crippen molar-refractivity contribution in [3.05, 3.63) is 88.5 Å². The molecule has 3 aromatic carbocycles. The Hall–Kier alpha value is -3.31. The summed E-state index contributed by atoms with van der Waals surface area (Å²) in [5.74, 6) is 1.10. The maximum atomic E-state index is 12.8. The minimum atomic E-state index is -1.00. The molecular formula is C24H22N2O3.